The van der Waals surface area contributed by atoms with Crippen LogP contribution in [0.4, 0.5) is 0 Å². The van der Waals surface area contributed by atoms with E-state index in [2.05, 4.69) is 15.1 Å². The summed E-state index contributed by atoms with van der Waals surface area (Å²) >= 11 is 1.25. The van der Waals surface area contributed by atoms with Gasteiger partial charge in [-0.1, -0.05) is 30.3 Å². The van der Waals surface area contributed by atoms with E-state index >= 15 is 0 Å². The number of ether oxygens (including phenoxy) is 2. The predicted octanol–water partition coefficient (Wildman–Crippen LogP) is 4.65. The van der Waals surface area contributed by atoms with E-state index < -0.39 is 5.91 Å². The van der Waals surface area contributed by atoms with Gasteiger partial charge in [0, 0.05) is 18.0 Å². The number of thioether (sulfide) groups is 1. The zero-order valence-corrected chi connectivity index (χ0v) is 19.9. The summed E-state index contributed by atoms with van der Waals surface area (Å²) in [7, 11) is 1.56. The van der Waals surface area contributed by atoms with E-state index in [1.54, 1.807) is 37.7 Å². The van der Waals surface area contributed by atoms with Gasteiger partial charge in [-0.15, -0.1) is 0 Å². The molecule has 0 aliphatic carbocycles. The number of benzene rings is 2. The van der Waals surface area contributed by atoms with Crippen molar-refractivity contribution in [3.05, 3.63) is 94.8 Å². The number of aryl methyl sites for hydroxylation is 1. The third kappa shape index (κ3) is 4.58. The molecule has 3 heterocycles. The summed E-state index contributed by atoms with van der Waals surface area (Å²) < 4.78 is 11.5. The van der Waals surface area contributed by atoms with E-state index in [-0.39, 0.29) is 11.4 Å². The fourth-order valence-electron chi connectivity index (χ4n) is 3.59. The minimum atomic E-state index is -0.487. The Morgan fingerprint density at radius 1 is 1.09 bits per heavy atom. The summed E-state index contributed by atoms with van der Waals surface area (Å²) in [5, 5.41) is 15.5. The first-order valence-corrected chi connectivity index (χ1v) is 11.6. The molecule has 2 aliphatic rings. The molecule has 0 fully saturated rings. The van der Waals surface area contributed by atoms with Gasteiger partial charge in [-0.3, -0.25) is 15.2 Å². The molecule has 0 saturated heterocycles. The maximum atomic E-state index is 12.8. The molecule has 8 nitrogen and oxygen atoms in total. The highest BCUT2D eigenvalue weighted by molar-refractivity contribution is 8.27. The van der Waals surface area contributed by atoms with Gasteiger partial charge >= 0.3 is 0 Å². The average Bonchev–Trinajstić information content (AvgIpc) is 3.31. The van der Waals surface area contributed by atoms with Crippen molar-refractivity contribution in [2.75, 3.05) is 7.11 Å². The molecule has 0 spiro atoms. The molecular formula is C26H21N5O3S. The van der Waals surface area contributed by atoms with Crippen LogP contribution in [0.3, 0.4) is 0 Å². The number of amidine groups is 2. The number of hydrogen-bond acceptors (Lipinski definition) is 7. The Morgan fingerprint density at radius 2 is 1.89 bits per heavy atom. The van der Waals surface area contributed by atoms with Crippen LogP contribution in [0.1, 0.15) is 22.3 Å². The molecular weight excluding hydrogens is 462 g/mol. The Hall–Kier alpha value is -4.24. The molecule has 5 rings (SSSR count). The Kier molecular flexibility index (Phi) is 6.15. The van der Waals surface area contributed by atoms with Gasteiger partial charge in [0.25, 0.3) is 5.91 Å². The second-order valence-corrected chi connectivity index (χ2v) is 8.74. The minimum Gasteiger partial charge on any atom is -0.493 e. The van der Waals surface area contributed by atoms with Gasteiger partial charge in [-0.2, -0.15) is 15.1 Å². The number of hydrogen-bond donors (Lipinski definition) is 1. The standard InChI is InChI=1S/C26H21N5O3S/c1-16-5-3-4-6-19(16)15-34-21-8-7-17(14-22(21)33-2)13-20-23(27)31-26(29-24(20)32)35-25(30-31)18-9-11-28-12-10-18/h3-14,27H,15H2,1-2H3. The lowest BCUT2D eigenvalue weighted by Crippen LogP contribution is -2.35. The SMILES string of the molecule is COc1cc(C=C2C(=N)N3N=C(c4ccncc4)SC3=NC2=O)ccc1OCc1ccccc1C. The van der Waals surface area contributed by atoms with Crippen molar-refractivity contribution in [1.29, 1.82) is 5.41 Å². The number of nitrogens with zero attached hydrogens (tertiary/aromatic N) is 4. The number of rotatable bonds is 6. The second kappa shape index (κ2) is 9.55. The molecule has 9 heteroatoms. The zero-order valence-electron chi connectivity index (χ0n) is 19.1. The smallest absolute Gasteiger partial charge is 0.283 e. The third-order valence-electron chi connectivity index (χ3n) is 5.52. The predicted molar refractivity (Wildman–Crippen MR) is 137 cm³/mol. The number of fused-ring (bicyclic) bond motifs is 1. The van der Waals surface area contributed by atoms with Crippen LogP contribution in [0.25, 0.3) is 6.08 Å². The zero-order chi connectivity index (χ0) is 24.4. The highest BCUT2D eigenvalue weighted by Gasteiger charge is 2.36. The van der Waals surface area contributed by atoms with Gasteiger partial charge in [0.1, 0.15) is 11.7 Å². The molecule has 1 aromatic heterocycles. The maximum absolute atomic E-state index is 12.8. The van der Waals surface area contributed by atoms with E-state index in [0.717, 1.165) is 16.7 Å². The van der Waals surface area contributed by atoms with E-state index in [0.29, 0.717) is 33.9 Å². The van der Waals surface area contributed by atoms with E-state index in [1.165, 1.54) is 16.8 Å². The molecule has 35 heavy (non-hydrogen) atoms. The monoisotopic (exact) mass is 483 g/mol. The highest BCUT2D eigenvalue weighted by Crippen LogP contribution is 2.33. The van der Waals surface area contributed by atoms with Crippen LogP contribution in [0.15, 0.2) is 82.7 Å². The van der Waals surface area contributed by atoms with Crippen LogP contribution in [0.5, 0.6) is 11.5 Å². The number of methoxy groups -OCH3 is 1. The van der Waals surface area contributed by atoms with Crippen molar-refractivity contribution in [1.82, 2.24) is 9.99 Å². The fraction of sp³-hybridized carbons (Fsp3) is 0.115. The van der Waals surface area contributed by atoms with Crippen LogP contribution in [-0.2, 0) is 11.4 Å². The summed E-state index contributed by atoms with van der Waals surface area (Å²) in [6, 6.07) is 17.0. The number of carbonyl (C=O) groups is 1. The van der Waals surface area contributed by atoms with Crippen molar-refractivity contribution >= 4 is 39.8 Å². The molecule has 2 aliphatic heterocycles. The minimum absolute atomic E-state index is 0.0320. The Balaban J connectivity index is 1.38. The van der Waals surface area contributed by atoms with Crippen LogP contribution < -0.4 is 9.47 Å². The molecule has 174 valence electrons. The van der Waals surface area contributed by atoms with Crippen LogP contribution in [-0.4, -0.2) is 39.1 Å². The Bertz CT molecular complexity index is 1420. The molecule has 0 saturated carbocycles. The lowest BCUT2D eigenvalue weighted by Gasteiger charge is -2.20. The summed E-state index contributed by atoms with van der Waals surface area (Å²) in [4.78, 5) is 20.9. The van der Waals surface area contributed by atoms with Crippen molar-refractivity contribution in [2.45, 2.75) is 13.5 Å². The third-order valence-corrected chi connectivity index (χ3v) is 6.48. The van der Waals surface area contributed by atoms with Crippen molar-refractivity contribution in [2.24, 2.45) is 10.1 Å². The van der Waals surface area contributed by atoms with E-state index in [4.69, 9.17) is 14.9 Å². The molecule has 0 atom stereocenters. The van der Waals surface area contributed by atoms with Gasteiger partial charge in [-0.05, 0) is 65.7 Å². The fourth-order valence-corrected chi connectivity index (χ4v) is 4.49. The molecule has 3 aromatic rings. The maximum Gasteiger partial charge on any atom is 0.283 e. The molecule has 0 unspecified atom stereocenters. The molecule has 0 radical (unpaired) electrons. The Morgan fingerprint density at radius 3 is 2.66 bits per heavy atom. The van der Waals surface area contributed by atoms with Crippen molar-refractivity contribution < 1.29 is 14.3 Å². The number of amides is 1. The molecule has 0 bridgehead atoms. The van der Waals surface area contributed by atoms with Gasteiger partial charge in [0.15, 0.2) is 17.3 Å². The number of carbonyl (C=O) groups excluding carboxylic acids is 1. The van der Waals surface area contributed by atoms with Crippen LogP contribution >= 0.6 is 11.8 Å². The quantitative estimate of drug-likeness (QED) is 0.513. The number of aliphatic imine (C=N–C) groups is 1. The summed E-state index contributed by atoms with van der Waals surface area (Å²) in [6.45, 7) is 2.45. The topological polar surface area (TPSA) is 100 Å². The first kappa shape index (κ1) is 22.5. The van der Waals surface area contributed by atoms with Gasteiger partial charge in [0.05, 0.1) is 12.7 Å². The van der Waals surface area contributed by atoms with Crippen LogP contribution in [0, 0.1) is 12.3 Å². The number of nitrogens with one attached hydrogen (secondary N) is 1. The Labute approximate surface area is 206 Å². The van der Waals surface area contributed by atoms with Gasteiger partial charge < -0.3 is 9.47 Å². The largest absolute Gasteiger partial charge is 0.493 e. The van der Waals surface area contributed by atoms with Crippen molar-refractivity contribution in [3.63, 3.8) is 0 Å². The lowest BCUT2D eigenvalue weighted by molar-refractivity contribution is -0.114. The molecule has 1 N–H and O–H groups in total. The number of hydrazone groups is 1. The molecule has 1 amide bonds. The number of pyridine rings is 1. The van der Waals surface area contributed by atoms with Gasteiger partial charge in [-0.25, -0.2) is 0 Å². The van der Waals surface area contributed by atoms with E-state index in [9.17, 15) is 4.79 Å². The second-order valence-electron chi connectivity index (χ2n) is 7.79. The van der Waals surface area contributed by atoms with E-state index in [1.807, 2.05) is 49.4 Å². The average molecular weight is 484 g/mol. The number of aromatic nitrogens is 1. The van der Waals surface area contributed by atoms with Gasteiger partial charge in [0.2, 0.25) is 5.17 Å². The lowest BCUT2D eigenvalue weighted by atomic mass is 10.1. The van der Waals surface area contributed by atoms with Crippen LogP contribution in [0.2, 0.25) is 0 Å². The summed E-state index contributed by atoms with van der Waals surface area (Å²) in [5.74, 6) is 0.599. The van der Waals surface area contributed by atoms with Crippen molar-refractivity contribution in [3.8, 4) is 11.5 Å². The highest BCUT2D eigenvalue weighted by atomic mass is 32.2. The summed E-state index contributed by atoms with van der Waals surface area (Å²) in [5.41, 5.74) is 3.91. The normalized spacial score (nSPS) is 16.2. The summed E-state index contributed by atoms with van der Waals surface area (Å²) in [6.07, 6.45) is 4.95. The first-order chi connectivity index (χ1) is 17.0. The molecule has 2 aromatic carbocycles. The first-order valence-electron chi connectivity index (χ1n) is 10.8.